The molecule has 4 heteroatoms. The van der Waals surface area contributed by atoms with Gasteiger partial charge in [-0.2, -0.15) is 5.10 Å². The number of aromatic nitrogens is 2. The fourth-order valence-electron chi connectivity index (χ4n) is 1.61. The highest BCUT2D eigenvalue weighted by Crippen LogP contribution is 2.19. The normalized spacial score (nSPS) is 12.9. The predicted octanol–water partition coefficient (Wildman–Crippen LogP) is 1.33. The molecule has 0 saturated heterocycles. The number of H-pyrrole nitrogens is 1. The standard InChI is InChI=1S/C11H13N3O/c1-2-9(12)10-7-5-3-4-6-8(7)11(15)14-13-10/h3-6,9H,2,12H2,1H3,(H,14,15). The molecule has 3 N–H and O–H groups in total. The Morgan fingerprint density at radius 3 is 2.73 bits per heavy atom. The number of hydrogen-bond acceptors (Lipinski definition) is 3. The summed E-state index contributed by atoms with van der Waals surface area (Å²) >= 11 is 0. The molecular formula is C11H13N3O. The second-order valence-corrected chi connectivity index (χ2v) is 3.50. The Balaban J connectivity index is 2.77. The summed E-state index contributed by atoms with van der Waals surface area (Å²) in [5.41, 5.74) is 6.51. The highest BCUT2D eigenvalue weighted by molar-refractivity contribution is 5.83. The van der Waals surface area contributed by atoms with E-state index in [1.807, 2.05) is 25.1 Å². The van der Waals surface area contributed by atoms with Gasteiger partial charge in [-0.1, -0.05) is 25.1 Å². The van der Waals surface area contributed by atoms with Gasteiger partial charge in [0.15, 0.2) is 0 Å². The number of benzene rings is 1. The molecule has 0 amide bonds. The second kappa shape index (κ2) is 3.82. The first-order chi connectivity index (χ1) is 7.24. The van der Waals surface area contributed by atoms with Gasteiger partial charge >= 0.3 is 0 Å². The van der Waals surface area contributed by atoms with Gasteiger partial charge in [0.25, 0.3) is 5.56 Å². The smallest absolute Gasteiger partial charge is 0.272 e. The summed E-state index contributed by atoms with van der Waals surface area (Å²) in [6, 6.07) is 7.24. The van der Waals surface area contributed by atoms with Crippen molar-refractivity contribution in [1.82, 2.24) is 10.2 Å². The zero-order chi connectivity index (χ0) is 10.8. The fraction of sp³-hybridized carbons (Fsp3) is 0.273. The minimum atomic E-state index is -0.169. The van der Waals surface area contributed by atoms with Gasteiger partial charge in [-0.15, -0.1) is 0 Å². The molecule has 2 rings (SSSR count). The summed E-state index contributed by atoms with van der Waals surface area (Å²) < 4.78 is 0. The molecule has 0 bridgehead atoms. The molecule has 1 aromatic heterocycles. The Kier molecular flexibility index (Phi) is 2.51. The van der Waals surface area contributed by atoms with Gasteiger partial charge in [0.05, 0.1) is 11.1 Å². The summed E-state index contributed by atoms with van der Waals surface area (Å²) in [5, 5.41) is 7.98. The lowest BCUT2D eigenvalue weighted by Crippen LogP contribution is -2.17. The summed E-state index contributed by atoms with van der Waals surface area (Å²) in [7, 11) is 0. The van der Waals surface area contributed by atoms with Crippen LogP contribution >= 0.6 is 0 Å². The van der Waals surface area contributed by atoms with Crippen LogP contribution in [0.3, 0.4) is 0 Å². The van der Waals surface area contributed by atoms with Crippen molar-refractivity contribution in [3.63, 3.8) is 0 Å². The number of fused-ring (bicyclic) bond motifs is 1. The van der Waals surface area contributed by atoms with Crippen LogP contribution in [0.5, 0.6) is 0 Å². The molecule has 1 aromatic carbocycles. The monoisotopic (exact) mass is 203 g/mol. The molecule has 2 aromatic rings. The third kappa shape index (κ3) is 1.64. The first-order valence-electron chi connectivity index (χ1n) is 4.97. The van der Waals surface area contributed by atoms with E-state index in [1.165, 1.54) is 0 Å². The Morgan fingerprint density at radius 1 is 1.40 bits per heavy atom. The van der Waals surface area contributed by atoms with Crippen LogP contribution in [0.15, 0.2) is 29.1 Å². The molecule has 1 heterocycles. The summed E-state index contributed by atoms with van der Waals surface area (Å²) in [6.07, 6.45) is 0.795. The number of rotatable bonds is 2. The van der Waals surface area contributed by atoms with Crippen molar-refractivity contribution < 1.29 is 0 Å². The molecule has 0 spiro atoms. The van der Waals surface area contributed by atoms with Crippen molar-refractivity contribution in [1.29, 1.82) is 0 Å². The van der Waals surface area contributed by atoms with Crippen molar-refractivity contribution in [2.24, 2.45) is 5.73 Å². The van der Waals surface area contributed by atoms with E-state index in [4.69, 9.17) is 5.73 Å². The van der Waals surface area contributed by atoms with Crippen molar-refractivity contribution in [3.05, 3.63) is 40.3 Å². The van der Waals surface area contributed by atoms with E-state index in [0.29, 0.717) is 5.39 Å². The van der Waals surface area contributed by atoms with Gasteiger partial charge in [0.1, 0.15) is 0 Å². The van der Waals surface area contributed by atoms with Gasteiger partial charge in [0.2, 0.25) is 0 Å². The molecular weight excluding hydrogens is 190 g/mol. The van der Waals surface area contributed by atoms with Gasteiger partial charge < -0.3 is 5.73 Å². The maximum absolute atomic E-state index is 11.5. The van der Waals surface area contributed by atoms with E-state index in [-0.39, 0.29) is 11.6 Å². The quantitative estimate of drug-likeness (QED) is 0.773. The Bertz CT molecular complexity index is 533. The molecule has 15 heavy (non-hydrogen) atoms. The number of nitrogens with zero attached hydrogens (tertiary/aromatic N) is 1. The first-order valence-corrected chi connectivity index (χ1v) is 4.97. The van der Waals surface area contributed by atoms with Crippen molar-refractivity contribution in [2.45, 2.75) is 19.4 Å². The van der Waals surface area contributed by atoms with Crippen LogP contribution < -0.4 is 11.3 Å². The zero-order valence-electron chi connectivity index (χ0n) is 8.53. The SMILES string of the molecule is CCC(N)c1n[nH]c(=O)c2ccccc12. The third-order valence-electron chi connectivity index (χ3n) is 2.52. The van der Waals surface area contributed by atoms with Gasteiger partial charge in [0, 0.05) is 11.4 Å². The molecule has 0 fully saturated rings. The molecule has 0 saturated carbocycles. The average Bonchev–Trinajstić information content (AvgIpc) is 2.29. The predicted molar refractivity (Wildman–Crippen MR) is 59.6 cm³/mol. The highest BCUT2D eigenvalue weighted by Gasteiger charge is 2.11. The lowest BCUT2D eigenvalue weighted by Gasteiger charge is -2.09. The molecule has 0 aliphatic rings. The summed E-state index contributed by atoms with van der Waals surface area (Å²) in [4.78, 5) is 11.5. The molecule has 0 aliphatic carbocycles. The van der Waals surface area contributed by atoms with Crippen LogP contribution in [0.2, 0.25) is 0 Å². The number of nitrogens with two attached hydrogens (primary N) is 1. The molecule has 1 atom stereocenters. The summed E-state index contributed by atoms with van der Waals surface area (Å²) in [6.45, 7) is 1.99. The number of aromatic amines is 1. The van der Waals surface area contributed by atoms with E-state index >= 15 is 0 Å². The average molecular weight is 203 g/mol. The summed E-state index contributed by atoms with van der Waals surface area (Å²) in [5.74, 6) is 0. The minimum absolute atomic E-state index is 0.133. The van der Waals surface area contributed by atoms with Gasteiger partial charge in [-0.05, 0) is 12.5 Å². The molecule has 78 valence electrons. The number of nitrogens with one attached hydrogen (secondary N) is 1. The van der Waals surface area contributed by atoms with E-state index < -0.39 is 0 Å². The maximum Gasteiger partial charge on any atom is 0.272 e. The highest BCUT2D eigenvalue weighted by atomic mass is 16.1. The van der Waals surface area contributed by atoms with Crippen molar-refractivity contribution >= 4 is 10.8 Å². The van der Waals surface area contributed by atoms with Crippen LogP contribution in [0, 0.1) is 0 Å². The van der Waals surface area contributed by atoms with E-state index in [0.717, 1.165) is 17.5 Å². The van der Waals surface area contributed by atoms with E-state index in [2.05, 4.69) is 10.2 Å². The van der Waals surface area contributed by atoms with Crippen LogP contribution in [0.1, 0.15) is 25.1 Å². The van der Waals surface area contributed by atoms with Gasteiger partial charge in [-0.25, -0.2) is 5.10 Å². The molecule has 1 unspecified atom stereocenters. The van der Waals surface area contributed by atoms with Crippen molar-refractivity contribution in [3.8, 4) is 0 Å². The van der Waals surface area contributed by atoms with Crippen molar-refractivity contribution in [2.75, 3.05) is 0 Å². The molecule has 0 radical (unpaired) electrons. The van der Waals surface area contributed by atoms with Crippen LogP contribution in [-0.4, -0.2) is 10.2 Å². The maximum atomic E-state index is 11.5. The Labute approximate surface area is 87.1 Å². The van der Waals surface area contributed by atoms with E-state index in [1.54, 1.807) is 6.07 Å². The Morgan fingerprint density at radius 2 is 2.07 bits per heavy atom. The van der Waals surface area contributed by atoms with Crippen LogP contribution in [0.4, 0.5) is 0 Å². The number of hydrogen-bond donors (Lipinski definition) is 2. The topological polar surface area (TPSA) is 71.8 Å². The second-order valence-electron chi connectivity index (χ2n) is 3.50. The minimum Gasteiger partial charge on any atom is -0.323 e. The molecule has 0 aliphatic heterocycles. The van der Waals surface area contributed by atoms with Crippen LogP contribution in [0.25, 0.3) is 10.8 Å². The lowest BCUT2D eigenvalue weighted by molar-refractivity contribution is 0.667. The third-order valence-corrected chi connectivity index (χ3v) is 2.52. The largest absolute Gasteiger partial charge is 0.323 e. The van der Waals surface area contributed by atoms with Crippen LogP contribution in [-0.2, 0) is 0 Å². The molecule has 4 nitrogen and oxygen atoms in total. The fourth-order valence-corrected chi connectivity index (χ4v) is 1.61. The zero-order valence-corrected chi connectivity index (χ0v) is 8.53. The van der Waals surface area contributed by atoms with Gasteiger partial charge in [-0.3, -0.25) is 4.79 Å². The first kappa shape index (κ1) is 9.86. The Hall–Kier alpha value is -1.68. The lowest BCUT2D eigenvalue weighted by atomic mass is 10.1. The van der Waals surface area contributed by atoms with E-state index in [9.17, 15) is 4.79 Å².